The number of pyridine rings is 1. The molecule has 1 saturated carbocycles. The second-order valence-corrected chi connectivity index (χ2v) is 10.1. The highest BCUT2D eigenvalue weighted by atomic mass is 32.1. The molecule has 9 heteroatoms. The number of nitrogens with zero attached hydrogens (tertiary/aromatic N) is 2. The highest BCUT2D eigenvalue weighted by molar-refractivity contribution is 7.21. The predicted molar refractivity (Wildman–Crippen MR) is 127 cm³/mol. The number of methoxy groups -OCH3 is 1. The number of aryl methyl sites for hydroxylation is 1. The number of carbonyl (C=O) groups excluding carboxylic acids is 1. The highest BCUT2D eigenvalue weighted by Crippen LogP contribution is 2.45. The maximum Gasteiger partial charge on any atom is 0.416 e. The molecule has 1 aromatic carbocycles. The summed E-state index contributed by atoms with van der Waals surface area (Å²) < 4.78 is 45.8. The van der Waals surface area contributed by atoms with Gasteiger partial charge in [0.15, 0.2) is 0 Å². The molecule has 180 valence electrons. The van der Waals surface area contributed by atoms with Gasteiger partial charge in [-0.1, -0.05) is 25.3 Å². The summed E-state index contributed by atoms with van der Waals surface area (Å²) in [4.78, 5) is 21.3. The van der Waals surface area contributed by atoms with Crippen molar-refractivity contribution >= 4 is 38.8 Å². The van der Waals surface area contributed by atoms with Crippen LogP contribution in [-0.4, -0.2) is 24.2 Å². The zero-order valence-corrected chi connectivity index (χ0v) is 19.9. The van der Waals surface area contributed by atoms with E-state index in [1.165, 1.54) is 22.3 Å². The minimum atomic E-state index is -4.48. The van der Waals surface area contributed by atoms with Crippen LogP contribution < -0.4 is 10.2 Å². The Bertz CT molecular complexity index is 1230. The van der Waals surface area contributed by atoms with Crippen molar-refractivity contribution in [2.24, 2.45) is 5.92 Å². The molecule has 1 atom stereocenters. The lowest BCUT2D eigenvalue weighted by atomic mass is 9.85. The summed E-state index contributed by atoms with van der Waals surface area (Å²) in [6, 6.07) is 7.02. The van der Waals surface area contributed by atoms with Gasteiger partial charge in [-0.05, 0) is 55.5 Å². The molecule has 1 fully saturated rings. The van der Waals surface area contributed by atoms with Crippen LogP contribution in [0.15, 0.2) is 30.3 Å². The number of carbonyl (C=O) groups is 1. The number of fused-ring (bicyclic) bond motifs is 3. The molecule has 3 heterocycles. The van der Waals surface area contributed by atoms with Crippen LogP contribution in [0.25, 0.3) is 10.2 Å². The molecule has 1 aliphatic carbocycles. The van der Waals surface area contributed by atoms with Crippen molar-refractivity contribution in [3.8, 4) is 0 Å². The average molecular weight is 490 g/mol. The largest absolute Gasteiger partial charge is 0.416 e. The van der Waals surface area contributed by atoms with E-state index in [9.17, 15) is 18.0 Å². The van der Waals surface area contributed by atoms with Gasteiger partial charge in [-0.3, -0.25) is 9.69 Å². The van der Waals surface area contributed by atoms with E-state index in [4.69, 9.17) is 4.74 Å². The van der Waals surface area contributed by atoms with Gasteiger partial charge in [-0.15, -0.1) is 11.3 Å². The van der Waals surface area contributed by atoms with Crippen LogP contribution in [0.4, 0.5) is 24.5 Å². The molecule has 5 nitrogen and oxygen atoms in total. The Morgan fingerprint density at radius 2 is 1.97 bits per heavy atom. The Kier molecular flexibility index (Phi) is 6.02. The van der Waals surface area contributed by atoms with Gasteiger partial charge in [0.1, 0.15) is 15.9 Å². The Balaban J connectivity index is 1.67. The van der Waals surface area contributed by atoms with E-state index in [2.05, 4.69) is 10.3 Å². The fourth-order valence-electron chi connectivity index (χ4n) is 5.21. The van der Waals surface area contributed by atoms with Gasteiger partial charge < -0.3 is 10.1 Å². The van der Waals surface area contributed by atoms with E-state index in [0.29, 0.717) is 11.5 Å². The number of aromatic nitrogens is 1. The minimum Gasteiger partial charge on any atom is -0.380 e. The number of anilines is 2. The molecule has 0 unspecified atom stereocenters. The van der Waals surface area contributed by atoms with Gasteiger partial charge in [0, 0.05) is 23.9 Å². The van der Waals surface area contributed by atoms with E-state index in [1.807, 2.05) is 13.0 Å². The summed E-state index contributed by atoms with van der Waals surface area (Å²) in [6.45, 7) is 2.27. The van der Waals surface area contributed by atoms with E-state index >= 15 is 0 Å². The predicted octanol–water partition coefficient (Wildman–Crippen LogP) is 6.75. The fraction of sp³-hybridized carbons (Fsp3) is 0.440. The molecule has 0 bridgehead atoms. The molecule has 34 heavy (non-hydrogen) atoms. The minimum absolute atomic E-state index is 0.139. The van der Waals surface area contributed by atoms with Crippen molar-refractivity contribution in [3.05, 3.63) is 52.0 Å². The first-order valence-electron chi connectivity index (χ1n) is 11.5. The van der Waals surface area contributed by atoms with Gasteiger partial charge in [0.2, 0.25) is 0 Å². The van der Waals surface area contributed by atoms with E-state index in [-0.39, 0.29) is 17.5 Å². The summed E-state index contributed by atoms with van der Waals surface area (Å²) in [5.74, 6) is -0.146. The van der Waals surface area contributed by atoms with Crippen molar-refractivity contribution in [2.45, 2.75) is 58.0 Å². The number of nitrogens with one attached hydrogen (secondary N) is 1. The van der Waals surface area contributed by atoms with Gasteiger partial charge in [-0.2, -0.15) is 13.2 Å². The summed E-state index contributed by atoms with van der Waals surface area (Å²) in [6.07, 6.45) is 0.135. The Morgan fingerprint density at radius 3 is 2.68 bits per heavy atom. The van der Waals surface area contributed by atoms with Crippen LogP contribution in [0.2, 0.25) is 0 Å². The third-order valence-corrected chi connectivity index (χ3v) is 7.77. The topological polar surface area (TPSA) is 54.5 Å². The van der Waals surface area contributed by atoms with Crippen LogP contribution in [0.3, 0.4) is 0 Å². The van der Waals surface area contributed by atoms with Crippen LogP contribution in [0, 0.1) is 12.8 Å². The number of hydrogen-bond acceptors (Lipinski definition) is 5. The molecule has 1 aliphatic heterocycles. The van der Waals surface area contributed by atoms with E-state index in [0.717, 1.165) is 71.4 Å². The number of ether oxygens (including phenoxy) is 1. The van der Waals surface area contributed by atoms with E-state index < -0.39 is 17.9 Å². The summed E-state index contributed by atoms with van der Waals surface area (Å²) in [5, 5.41) is 4.45. The quantitative estimate of drug-likeness (QED) is 0.441. The summed E-state index contributed by atoms with van der Waals surface area (Å²) in [5.41, 5.74) is 1.99. The van der Waals surface area contributed by atoms with Gasteiger partial charge >= 0.3 is 6.18 Å². The standard InChI is InChI=1S/C25H26F3N3O2S/c1-14-11-16(13-33-2)19-20-21(34-23(19)29-14)24(32)31(22(30-20)15-7-4-3-5-8-15)18-10-6-9-17(12-18)25(26,27)28/h6,9-12,15,22,30H,3-5,7-8,13H2,1-2H3/t22-/m1/s1. The van der Waals surface area contributed by atoms with Gasteiger partial charge in [0.25, 0.3) is 5.91 Å². The summed E-state index contributed by atoms with van der Waals surface area (Å²) >= 11 is 1.28. The number of benzene rings is 1. The van der Waals surface area contributed by atoms with Gasteiger partial charge in [-0.25, -0.2) is 4.98 Å². The zero-order chi connectivity index (χ0) is 24.0. The molecule has 1 N–H and O–H groups in total. The van der Waals surface area contributed by atoms with Crippen molar-refractivity contribution in [1.82, 2.24) is 4.98 Å². The molecule has 2 aromatic heterocycles. The van der Waals surface area contributed by atoms with Crippen molar-refractivity contribution in [1.29, 1.82) is 0 Å². The number of thiophene rings is 1. The molecule has 1 amide bonds. The van der Waals surface area contributed by atoms with Crippen LogP contribution in [-0.2, 0) is 17.5 Å². The number of halogens is 3. The SMILES string of the molecule is COCc1cc(C)nc2sc3c(c12)N[C@@H](C1CCCCC1)N(c1cccc(C(F)(F)F)c1)C3=O. The maximum absolute atomic E-state index is 13.9. The molecule has 0 spiro atoms. The zero-order valence-electron chi connectivity index (χ0n) is 19.0. The first-order chi connectivity index (χ1) is 16.3. The number of amides is 1. The first kappa shape index (κ1) is 23.1. The molecule has 2 aliphatic rings. The normalized spacial score (nSPS) is 19.4. The van der Waals surface area contributed by atoms with Crippen LogP contribution >= 0.6 is 11.3 Å². The second-order valence-electron chi connectivity index (χ2n) is 9.05. The van der Waals surface area contributed by atoms with Crippen molar-refractivity contribution in [2.75, 3.05) is 17.3 Å². The monoisotopic (exact) mass is 489 g/mol. The average Bonchev–Trinajstić information content (AvgIpc) is 3.18. The third-order valence-electron chi connectivity index (χ3n) is 6.70. The molecule has 0 radical (unpaired) electrons. The first-order valence-corrected chi connectivity index (χ1v) is 12.3. The van der Waals surface area contributed by atoms with E-state index in [1.54, 1.807) is 13.2 Å². The highest BCUT2D eigenvalue weighted by Gasteiger charge is 2.41. The van der Waals surface area contributed by atoms with Crippen molar-refractivity contribution < 1.29 is 22.7 Å². The molecule has 0 saturated heterocycles. The fourth-order valence-corrected chi connectivity index (χ4v) is 6.37. The Labute approximate surface area is 199 Å². The maximum atomic E-state index is 13.9. The van der Waals surface area contributed by atoms with Gasteiger partial charge in [0.05, 0.1) is 17.9 Å². The van der Waals surface area contributed by atoms with Crippen LogP contribution in [0.5, 0.6) is 0 Å². The third kappa shape index (κ3) is 4.05. The Hall–Kier alpha value is -2.65. The lowest BCUT2D eigenvalue weighted by Gasteiger charge is -2.42. The number of rotatable bonds is 4. The lowest BCUT2D eigenvalue weighted by molar-refractivity contribution is -0.137. The molecule has 5 rings (SSSR count). The second kappa shape index (κ2) is 8.85. The molecular formula is C25H26F3N3O2S. The smallest absolute Gasteiger partial charge is 0.380 e. The Morgan fingerprint density at radius 1 is 1.21 bits per heavy atom. The van der Waals surface area contributed by atoms with Crippen molar-refractivity contribution in [3.63, 3.8) is 0 Å². The molecule has 3 aromatic rings. The summed E-state index contributed by atoms with van der Waals surface area (Å²) in [7, 11) is 1.62. The number of hydrogen-bond donors (Lipinski definition) is 1. The lowest BCUT2D eigenvalue weighted by Crippen LogP contribution is -2.53. The molecular weight excluding hydrogens is 463 g/mol. The number of alkyl halides is 3. The van der Waals surface area contributed by atoms with Crippen LogP contribution in [0.1, 0.15) is 58.6 Å².